The van der Waals surface area contributed by atoms with Crippen molar-refractivity contribution < 1.29 is 8.42 Å². The van der Waals surface area contributed by atoms with Crippen LogP contribution in [0.1, 0.15) is 18.9 Å². The Labute approximate surface area is 97.1 Å². The van der Waals surface area contributed by atoms with Gasteiger partial charge in [0.15, 0.2) is 0 Å². The molecule has 0 amide bonds. The highest BCUT2D eigenvalue weighted by molar-refractivity contribution is 7.88. The Balaban J connectivity index is 2.09. The number of rotatable bonds is 3. The van der Waals surface area contributed by atoms with Crippen LogP contribution < -0.4 is 0 Å². The summed E-state index contributed by atoms with van der Waals surface area (Å²) in [5.41, 5.74) is 0.863. The molecule has 1 aromatic rings. The summed E-state index contributed by atoms with van der Waals surface area (Å²) < 4.78 is 25.8. The molecule has 0 aliphatic carbocycles. The van der Waals surface area contributed by atoms with Gasteiger partial charge in [0.1, 0.15) is 0 Å². The topological polar surface area (TPSA) is 37.4 Å². The van der Waals surface area contributed by atoms with Gasteiger partial charge < -0.3 is 0 Å². The van der Waals surface area contributed by atoms with E-state index in [2.05, 4.69) is 6.92 Å². The van der Waals surface area contributed by atoms with Gasteiger partial charge in [0.25, 0.3) is 0 Å². The molecule has 0 saturated carbocycles. The summed E-state index contributed by atoms with van der Waals surface area (Å²) in [7, 11) is -3.11. The smallest absolute Gasteiger partial charge is 0.212 e. The van der Waals surface area contributed by atoms with Crippen LogP contribution in [-0.4, -0.2) is 25.8 Å². The first-order valence-electron chi connectivity index (χ1n) is 5.60. The average Bonchev–Trinajstić information content (AvgIpc) is 2.66. The molecule has 0 radical (unpaired) electrons. The van der Waals surface area contributed by atoms with E-state index < -0.39 is 10.0 Å². The highest BCUT2D eigenvalue weighted by atomic mass is 32.2. The Bertz CT molecular complexity index is 441. The fourth-order valence-electron chi connectivity index (χ4n) is 2.02. The lowest BCUT2D eigenvalue weighted by molar-refractivity contribution is 0.463. The lowest BCUT2D eigenvalue weighted by Crippen LogP contribution is -2.29. The number of sulfonamides is 1. The van der Waals surface area contributed by atoms with Crippen LogP contribution in [0.2, 0.25) is 0 Å². The van der Waals surface area contributed by atoms with Crippen LogP contribution in [0, 0.1) is 5.92 Å². The monoisotopic (exact) mass is 239 g/mol. The summed E-state index contributed by atoms with van der Waals surface area (Å²) in [6.45, 7) is 3.45. The van der Waals surface area contributed by atoms with Gasteiger partial charge in [-0.05, 0) is 17.9 Å². The summed E-state index contributed by atoms with van der Waals surface area (Å²) in [6.07, 6.45) is 0.980. The Morgan fingerprint density at radius 2 is 2.00 bits per heavy atom. The zero-order valence-corrected chi connectivity index (χ0v) is 10.3. The molecule has 1 unspecified atom stereocenters. The standard InChI is InChI=1S/C12H17NO2S/c1-11-7-8-13(9-11)16(14,15)10-12-5-3-2-4-6-12/h2-6,11H,7-10H2,1H3. The average molecular weight is 239 g/mol. The van der Waals surface area contributed by atoms with Crippen molar-refractivity contribution in [3.05, 3.63) is 35.9 Å². The van der Waals surface area contributed by atoms with E-state index in [1.807, 2.05) is 30.3 Å². The number of nitrogens with zero attached hydrogens (tertiary/aromatic N) is 1. The van der Waals surface area contributed by atoms with Crippen LogP contribution in [-0.2, 0) is 15.8 Å². The molecule has 1 saturated heterocycles. The maximum Gasteiger partial charge on any atom is 0.218 e. The molecular weight excluding hydrogens is 222 g/mol. The second kappa shape index (κ2) is 4.55. The van der Waals surface area contributed by atoms with Crippen molar-refractivity contribution in [3.8, 4) is 0 Å². The summed E-state index contributed by atoms with van der Waals surface area (Å²) >= 11 is 0. The predicted octanol–water partition coefficient (Wildman–Crippen LogP) is 1.86. The van der Waals surface area contributed by atoms with E-state index in [9.17, 15) is 8.42 Å². The third-order valence-corrected chi connectivity index (χ3v) is 4.79. The number of hydrogen-bond donors (Lipinski definition) is 0. The minimum absolute atomic E-state index is 0.126. The molecule has 0 aromatic heterocycles. The van der Waals surface area contributed by atoms with Crippen molar-refractivity contribution >= 4 is 10.0 Å². The summed E-state index contributed by atoms with van der Waals surface area (Å²) in [4.78, 5) is 0. The van der Waals surface area contributed by atoms with Crippen LogP contribution in [0.4, 0.5) is 0 Å². The molecule has 1 atom stereocenters. The highest BCUT2D eigenvalue weighted by Gasteiger charge is 2.28. The zero-order valence-electron chi connectivity index (χ0n) is 9.46. The normalized spacial score (nSPS) is 22.4. The van der Waals surface area contributed by atoms with E-state index in [1.165, 1.54) is 0 Å². The second-order valence-electron chi connectivity index (χ2n) is 4.49. The molecule has 2 rings (SSSR count). The van der Waals surface area contributed by atoms with Crippen molar-refractivity contribution in [1.29, 1.82) is 0 Å². The first-order chi connectivity index (χ1) is 7.58. The Morgan fingerprint density at radius 3 is 2.56 bits per heavy atom. The van der Waals surface area contributed by atoms with Gasteiger partial charge in [-0.3, -0.25) is 0 Å². The van der Waals surface area contributed by atoms with Gasteiger partial charge in [-0.25, -0.2) is 12.7 Å². The van der Waals surface area contributed by atoms with E-state index in [-0.39, 0.29) is 5.75 Å². The molecular formula is C12H17NO2S. The Morgan fingerprint density at radius 1 is 1.31 bits per heavy atom. The van der Waals surface area contributed by atoms with Crippen molar-refractivity contribution in [3.63, 3.8) is 0 Å². The van der Waals surface area contributed by atoms with Gasteiger partial charge in [0, 0.05) is 13.1 Å². The van der Waals surface area contributed by atoms with Gasteiger partial charge in [-0.1, -0.05) is 37.3 Å². The quantitative estimate of drug-likeness (QED) is 0.807. The lowest BCUT2D eigenvalue weighted by atomic mass is 10.2. The van der Waals surface area contributed by atoms with Crippen LogP contribution in [0.3, 0.4) is 0 Å². The largest absolute Gasteiger partial charge is 0.218 e. The number of hydrogen-bond acceptors (Lipinski definition) is 2. The van der Waals surface area contributed by atoms with E-state index in [0.717, 1.165) is 12.0 Å². The zero-order chi connectivity index (χ0) is 11.6. The van der Waals surface area contributed by atoms with Gasteiger partial charge in [0.05, 0.1) is 5.75 Å². The summed E-state index contributed by atoms with van der Waals surface area (Å²) in [6, 6.07) is 9.36. The van der Waals surface area contributed by atoms with Crippen molar-refractivity contribution in [2.24, 2.45) is 5.92 Å². The molecule has 1 fully saturated rings. The Kier molecular flexibility index (Phi) is 3.30. The van der Waals surface area contributed by atoms with Crippen molar-refractivity contribution in [1.82, 2.24) is 4.31 Å². The Hall–Kier alpha value is -0.870. The molecule has 4 heteroatoms. The third-order valence-electron chi connectivity index (χ3n) is 2.97. The van der Waals surface area contributed by atoms with Crippen LogP contribution in [0.25, 0.3) is 0 Å². The lowest BCUT2D eigenvalue weighted by Gasteiger charge is -2.15. The maximum atomic E-state index is 12.1. The van der Waals surface area contributed by atoms with Gasteiger partial charge >= 0.3 is 0 Å². The molecule has 0 bridgehead atoms. The molecule has 0 N–H and O–H groups in total. The van der Waals surface area contributed by atoms with Gasteiger partial charge in [-0.2, -0.15) is 0 Å². The number of benzene rings is 1. The van der Waals surface area contributed by atoms with E-state index in [0.29, 0.717) is 19.0 Å². The maximum absolute atomic E-state index is 12.1. The van der Waals surface area contributed by atoms with Crippen molar-refractivity contribution in [2.75, 3.05) is 13.1 Å². The van der Waals surface area contributed by atoms with E-state index in [4.69, 9.17) is 0 Å². The summed E-state index contributed by atoms with van der Waals surface area (Å²) in [5.74, 6) is 0.617. The summed E-state index contributed by atoms with van der Waals surface area (Å²) in [5, 5.41) is 0. The molecule has 16 heavy (non-hydrogen) atoms. The molecule has 1 aromatic carbocycles. The molecule has 1 heterocycles. The van der Waals surface area contributed by atoms with E-state index in [1.54, 1.807) is 4.31 Å². The molecule has 88 valence electrons. The fourth-order valence-corrected chi connectivity index (χ4v) is 3.68. The highest BCUT2D eigenvalue weighted by Crippen LogP contribution is 2.20. The van der Waals surface area contributed by atoms with Gasteiger partial charge in [-0.15, -0.1) is 0 Å². The molecule has 1 aliphatic rings. The van der Waals surface area contributed by atoms with Gasteiger partial charge in [0.2, 0.25) is 10.0 Å². The first kappa shape index (κ1) is 11.6. The van der Waals surface area contributed by atoms with Crippen LogP contribution in [0.5, 0.6) is 0 Å². The van der Waals surface area contributed by atoms with Crippen LogP contribution in [0.15, 0.2) is 30.3 Å². The van der Waals surface area contributed by atoms with Crippen molar-refractivity contribution in [2.45, 2.75) is 19.1 Å². The molecule has 0 spiro atoms. The SMILES string of the molecule is CC1CCN(S(=O)(=O)Cc2ccccc2)C1. The third kappa shape index (κ3) is 2.62. The predicted molar refractivity (Wildman–Crippen MR) is 64.4 cm³/mol. The molecule has 1 aliphatic heterocycles. The minimum atomic E-state index is -3.11. The minimum Gasteiger partial charge on any atom is -0.212 e. The van der Waals surface area contributed by atoms with E-state index >= 15 is 0 Å². The molecule has 3 nitrogen and oxygen atoms in total. The fraction of sp³-hybridized carbons (Fsp3) is 0.500. The van der Waals surface area contributed by atoms with Crippen LogP contribution >= 0.6 is 0 Å². The second-order valence-corrected chi connectivity index (χ2v) is 6.46. The first-order valence-corrected chi connectivity index (χ1v) is 7.20.